The fourth-order valence-electron chi connectivity index (χ4n) is 3.07. The van der Waals surface area contributed by atoms with Crippen molar-refractivity contribution in [3.63, 3.8) is 0 Å². The summed E-state index contributed by atoms with van der Waals surface area (Å²) in [7, 11) is 0. The fraction of sp³-hybridized carbons (Fsp3) is 0. The lowest BCUT2D eigenvalue weighted by atomic mass is 10.00. The number of benzene rings is 3. The first-order chi connectivity index (χ1) is 13.7. The summed E-state index contributed by atoms with van der Waals surface area (Å²) < 4.78 is 0. The number of hydrogen-bond donors (Lipinski definition) is 2. The van der Waals surface area contributed by atoms with E-state index < -0.39 is 11.4 Å². The van der Waals surface area contributed by atoms with E-state index in [9.17, 15) is 15.2 Å². The minimum atomic E-state index is -0.626. The average molecular weight is 366 g/mol. The predicted molar refractivity (Wildman–Crippen MR) is 107 cm³/mol. The van der Waals surface area contributed by atoms with Crippen molar-refractivity contribution in [2.45, 2.75) is 0 Å². The number of azo groups is 1. The van der Waals surface area contributed by atoms with Gasteiger partial charge in [-0.05, 0) is 17.0 Å². The molecule has 2 N–H and O–H groups in total. The molecule has 6 heteroatoms. The van der Waals surface area contributed by atoms with Crippen molar-refractivity contribution in [1.29, 1.82) is 5.26 Å². The second-order valence-electron chi connectivity index (χ2n) is 6.08. The highest BCUT2D eigenvalue weighted by molar-refractivity contribution is 5.92. The molecule has 1 aromatic heterocycles. The molecule has 0 fully saturated rings. The Morgan fingerprint density at radius 2 is 1.61 bits per heavy atom. The maximum atomic E-state index is 12.5. The summed E-state index contributed by atoms with van der Waals surface area (Å²) in [5.41, 5.74) is 0.717. The van der Waals surface area contributed by atoms with Crippen molar-refractivity contribution in [1.82, 2.24) is 4.98 Å². The first-order valence-electron chi connectivity index (χ1n) is 8.53. The molecule has 0 spiro atoms. The molecule has 3 aromatic carbocycles. The Labute approximate surface area is 160 Å². The molecule has 4 aromatic rings. The Hall–Kier alpha value is -4.24. The van der Waals surface area contributed by atoms with Crippen LogP contribution in [0.2, 0.25) is 0 Å². The molecule has 0 radical (unpaired) electrons. The Balaban J connectivity index is 1.94. The fourth-order valence-corrected chi connectivity index (χ4v) is 3.07. The highest BCUT2D eigenvalue weighted by Gasteiger charge is 2.19. The number of nitriles is 1. The second kappa shape index (κ2) is 7.17. The maximum Gasteiger partial charge on any atom is 0.279 e. The summed E-state index contributed by atoms with van der Waals surface area (Å²) >= 11 is 0. The third kappa shape index (κ3) is 3.02. The van der Waals surface area contributed by atoms with Gasteiger partial charge in [-0.1, -0.05) is 66.7 Å². The SMILES string of the molecule is N#Cc1c(O)[nH]c(=O)c(N=Nc2cccc3ccccc23)c1-c1ccccc1. The number of hydrogen-bond acceptors (Lipinski definition) is 5. The molecule has 0 saturated carbocycles. The lowest BCUT2D eigenvalue weighted by Crippen LogP contribution is -2.08. The molecule has 4 rings (SSSR count). The van der Waals surface area contributed by atoms with Crippen LogP contribution >= 0.6 is 0 Å². The number of fused-ring (bicyclic) bond motifs is 1. The van der Waals surface area contributed by atoms with E-state index in [0.29, 0.717) is 11.3 Å². The van der Waals surface area contributed by atoms with Crippen LogP contribution in [0.15, 0.2) is 87.8 Å². The van der Waals surface area contributed by atoms with Gasteiger partial charge in [-0.15, -0.1) is 10.2 Å². The number of H-pyrrole nitrogens is 1. The number of aromatic nitrogens is 1. The van der Waals surface area contributed by atoms with Crippen molar-refractivity contribution in [2.75, 3.05) is 0 Å². The molecule has 0 atom stereocenters. The van der Waals surface area contributed by atoms with Crippen molar-refractivity contribution in [3.8, 4) is 23.1 Å². The molecule has 28 heavy (non-hydrogen) atoms. The number of aromatic amines is 1. The van der Waals surface area contributed by atoms with E-state index in [-0.39, 0.29) is 16.8 Å². The topological polar surface area (TPSA) is 102 Å². The molecule has 0 aliphatic carbocycles. The van der Waals surface area contributed by atoms with Crippen LogP contribution in [0.1, 0.15) is 5.56 Å². The number of pyridine rings is 1. The highest BCUT2D eigenvalue weighted by Crippen LogP contribution is 2.35. The standard InChI is InChI=1S/C22H14N4O2/c23-13-17-19(15-8-2-1-3-9-15)20(22(28)24-21(17)27)26-25-18-12-6-10-14-7-4-5-11-16(14)18/h1-12H,(H2,24,27,28). The minimum absolute atomic E-state index is 0.0338. The zero-order valence-electron chi connectivity index (χ0n) is 14.6. The Morgan fingerprint density at radius 1 is 0.893 bits per heavy atom. The zero-order chi connectivity index (χ0) is 19.5. The van der Waals surface area contributed by atoms with E-state index >= 15 is 0 Å². The lowest BCUT2D eigenvalue weighted by Gasteiger charge is -2.08. The van der Waals surface area contributed by atoms with Crippen LogP contribution in [0.4, 0.5) is 11.4 Å². The van der Waals surface area contributed by atoms with Crippen molar-refractivity contribution in [2.24, 2.45) is 10.2 Å². The molecular formula is C22H14N4O2. The first kappa shape index (κ1) is 17.2. The van der Waals surface area contributed by atoms with Crippen molar-refractivity contribution < 1.29 is 5.11 Å². The van der Waals surface area contributed by atoms with Gasteiger partial charge in [0, 0.05) is 10.9 Å². The summed E-state index contributed by atoms with van der Waals surface area (Å²) in [6, 6.07) is 24.1. The van der Waals surface area contributed by atoms with Crippen LogP contribution in [-0.4, -0.2) is 10.1 Å². The summed E-state index contributed by atoms with van der Waals surface area (Å²) in [6.07, 6.45) is 0. The first-order valence-corrected chi connectivity index (χ1v) is 8.53. The van der Waals surface area contributed by atoms with Gasteiger partial charge in [0.2, 0.25) is 5.88 Å². The normalized spacial score (nSPS) is 11.0. The molecule has 134 valence electrons. The predicted octanol–water partition coefficient (Wildman–Crippen LogP) is 5.19. The third-order valence-electron chi connectivity index (χ3n) is 4.37. The van der Waals surface area contributed by atoms with E-state index in [1.807, 2.05) is 48.5 Å². The maximum absolute atomic E-state index is 12.5. The minimum Gasteiger partial charge on any atom is -0.494 e. The van der Waals surface area contributed by atoms with Crippen LogP contribution in [0.5, 0.6) is 5.88 Å². The lowest BCUT2D eigenvalue weighted by molar-refractivity contribution is 0.450. The van der Waals surface area contributed by atoms with Crippen LogP contribution < -0.4 is 5.56 Å². The van der Waals surface area contributed by atoms with Crippen molar-refractivity contribution in [3.05, 3.63) is 88.7 Å². The van der Waals surface area contributed by atoms with Gasteiger partial charge in [0.15, 0.2) is 5.69 Å². The van der Waals surface area contributed by atoms with Gasteiger partial charge < -0.3 is 5.11 Å². The number of nitrogens with one attached hydrogen (secondary N) is 1. The summed E-state index contributed by atoms with van der Waals surface area (Å²) in [5, 5.41) is 29.9. The van der Waals surface area contributed by atoms with Crippen molar-refractivity contribution >= 4 is 22.1 Å². The van der Waals surface area contributed by atoms with Gasteiger partial charge in [0.25, 0.3) is 5.56 Å². The molecule has 0 unspecified atom stereocenters. The summed E-state index contributed by atoms with van der Waals surface area (Å²) in [6.45, 7) is 0. The van der Waals surface area contributed by atoms with E-state index in [1.165, 1.54) is 0 Å². The summed E-state index contributed by atoms with van der Waals surface area (Å²) in [5.74, 6) is -0.490. The van der Waals surface area contributed by atoms with Crippen LogP contribution in [-0.2, 0) is 0 Å². The third-order valence-corrected chi connectivity index (χ3v) is 4.37. The van der Waals surface area contributed by atoms with Crippen LogP contribution in [0, 0.1) is 11.3 Å². The van der Waals surface area contributed by atoms with Gasteiger partial charge in [-0.3, -0.25) is 9.78 Å². The number of aromatic hydroxyl groups is 1. The molecule has 0 bridgehead atoms. The van der Waals surface area contributed by atoms with Crippen LogP contribution in [0.25, 0.3) is 21.9 Å². The van der Waals surface area contributed by atoms with Gasteiger partial charge in [0.1, 0.15) is 11.6 Å². The average Bonchev–Trinajstić information content (AvgIpc) is 2.73. The molecule has 0 saturated heterocycles. The molecule has 6 nitrogen and oxygen atoms in total. The monoisotopic (exact) mass is 366 g/mol. The Kier molecular flexibility index (Phi) is 4.40. The molecule has 0 amide bonds. The second-order valence-corrected chi connectivity index (χ2v) is 6.08. The van der Waals surface area contributed by atoms with Gasteiger partial charge >= 0.3 is 0 Å². The quantitative estimate of drug-likeness (QED) is 0.488. The zero-order valence-corrected chi connectivity index (χ0v) is 14.6. The van der Waals surface area contributed by atoms with Gasteiger partial charge in [-0.2, -0.15) is 5.26 Å². The van der Waals surface area contributed by atoms with Gasteiger partial charge in [0.05, 0.1) is 5.69 Å². The molecule has 0 aliphatic rings. The molecule has 1 heterocycles. The van der Waals surface area contributed by atoms with E-state index in [4.69, 9.17) is 0 Å². The largest absolute Gasteiger partial charge is 0.494 e. The van der Waals surface area contributed by atoms with E-state index in [2.05, 4.69) is 15.2 Å². The Bertz CT molecular complexity index is 1300. The van der Waals surface area contributed by atoms with E-state index in [1.54, 1.807) is 30.3 Å². The highest BCUT2D eigenvalue weighted by atomic mass is 16.3. The number of nitrogens with zero attached hydrogens (tertiary/aromatic N) is 3. The van der Waals surface area contributed by atoms with Gasteiger partial charge in [-0.25, -0.2) is 0 Å². The molecular weight excluding hydrogens is 352 g/mol. The Morgan fingerprint density at radius 3 is 2.39 bits per heavy atom. The van der Waals surface area contributed by atoms with E-state index in [0.717, 1.165) is 10.8 Å². The smallest absolute Gasteiger partial charge is 0.279 e. The summed E-state index contributed by atoms with van der Waals surface area (Å²) in [4.78, 5) is 14.8. The van der Waals surface area contributed by atoms with Crippen LogP contribution in [0.3, 0.4) is 0 Å². The molecule has 0 aliphatic heterocycles. The number of rotatable bonds is 3.